The average molecular weight is 139 g/mol. The quantitative estimate of drug-likeness (QED) is 0.322. The normalized spacial score (nSPS) is 11.8. The molecule has 0 bridgehead atoms. The van der Waals surface area contributed by atoms with Gasteiger partial charge in [-0.15, -0.1) is 4.83 Å². The molecule has 0 aliphatic carbocycles. The molecule has 6 heteroatoms. The summed E-state index contributed by atoms with van der Waals surface area (Å²) in [5.41, 5.74) is 0. The Morgan fingerprint density at radius 1 is 1.62 bits per heavy atom. The van der Waals surface area contributed by atoms with Crippen LogP contribution in [0.2, 0.25) is 0 Å². The largest absolute Gasteiger partial charge is 0.289 e. The molecule has 0 aromatic rings. The van der Waals surface area contributed by atoms with Crippen molar-refractivity contribution in [2.24, 2.45) is 5.84 Å². The van der Waals surface area contributed by atoms with E-state index in [0.717, 1.165) is 0 Å². The van der Waals surface area contributed by atoms with E-state index in [1.807, 2.05) is 0 Å². The van der Waals surface area contributed by atoms with Gasteiger partial charge < -0.3 is 0 Å². The summed E-state index contributed by atoms with van der Waals surface area (Å²) >= 11 is 0. The van der Waals surface area contributed by atoms with Crippen molar-refractivity contribution in [1.82, 2.24) is 9.55 Å². The zero-order valence-electron chi connectivity index (χ0n) is 4.51. The van der Waals surface area contributed by atoms with Crippen LogP contribution in [0, 0.1) is 0 Å². The van der Waals surface area contributed by atoms with Crippen molar-refractivity contribution < 1.29 is 8.42 Å². The second kappa shape index (κ2) is 2.98. The highest BCUT2D eigenvalue weighted by molar-refractivity contribution is 7.87. The summed E-state index contributed by atoms with van der Waals surface area (Å²) in [7, 11) is -3.39. The first kappa shape index (κ1) is 7.83. The second-order valence-electron chi connectivity index (χ2n) is 1.12. The van der Waals surface area contributed by atoms with Gasteiger partial charge in [-0.3, -0.25) is 5.84 Å². The van der Waals surface area contributed by atoms with Crippen molar-refractivity contribution in [1.29, 1.82) is 0 Å². The zero-order valence-corrected chi connectivity index (χ0v) is 5.33. The maximum absolute atomic E-state index is 10.3. The Kier molecular flexibility index (Phi) is 2.91. The van der Waals surface area contributed by atoms with Gasteiger partial charge in [0.25, 0.3) is 10.2 Å². The average Bonchev–Trinajstić information content (AvgIpc) is 1.67. The second-order valence-corrected chi connectivity index (χ2v) is 2.65. The lowest BCUT2D eigenvalue weighted by molar-refractivity contribution is 0.571. The smallest absolute Gasteiger partial charge is 0.257 e. The third-order valence-electron chi connectivity index (χ3n) is 0.490. The van der Waals surface area contributed by atoms with E-state index in [9.17, 15) is 8.42 Å². The molecule has 0 unspecified atom stereocenters. The van der Waals surface area contributed by atoms with Gasteiger partial charge >= 0.3 is 0 Å². The number of hydrogen-bond donors (Lipinski definition) is 3. The molecule has 4 N–H and O–H groups in total. The van der Waals surface area contributed by atoms with Crippen LogP contribution in [0.3, 0.4) is 0 Å². The number of hydrogen-bond acceptors (Lipinski definition) is 3. The lowest BCUT2D eigenvalue weighted by Gasteiger charge is -1.98. The van der Waals surface area contributed by atoms with E-state index >= 15 is 0 Å². The summed E-state index contributed by atoms with van der Waals surface area (Å²) in [5.74, 6) is 4.59. The third kappa shape index (κ3) is 2.92. The first-order valence-corrected chi connectivity index (χ1v) is 3.57. The van der Waals surface area contributed by atoms with E-state index in [-0.39, 0.29) is 0 Å². The molecule has 50 valence electrons. The Balaban J connectivity index is 3.76. The Labute approximate surface area is 48.4 Å². The fourth-order valence-corrected chi connectivity index (χ4v) is 0.695. The van der Waals surface area contributed by atoms with Crippen molar-refractivity contribution in [2.45, 2.75) is 6.92 Å². The van der Waals surface area contributed by atoms with Gasteiger partial charge in [0, 0.05) is 6.54 Å². The first-order chi connectivity index (χ1) is 3.62. The van der Waals surface area contributed by atoms with Gasteiger partial charge in [0.1, 0.15) is 0 Å². The predicted molar refractivity (Wildman–Crippen MR) is 29.9 cm³/mol. The Bertz CT molecular complexity index is 139. The molecular formula is C2H9N3O2S. The highest BCUT2D eigenvalue weighted by atomic mass is 32.2. The Morgan fingerprint density at radius 2 is 2.12 bits per heavy atom. The van der Waals surface area contributed by atoms with Crippen molar-refractivity contribution in [2.75, 3.05) is 6.54 Å². The molecule has 0 aromatic carbocycles. The topological polar surface area (TPSA) is 84.2 Å². The van der Waals surface area contributed by atoms with E-state index < -0.39 is 10.2 Å². The summed E-state index contributed by atoms with van der Waals surface area (Å²) < 4.78 is 22.6. The minimum atomic E-state index is -3.39. The molecule has 5 nitrogen and oxygen atoms in total. The van der Waals surface area contributed by atoms with E-state index in [1.54, 1.807) is 11.8 Å². The molecule has 0 spiro atoms. The van der Waals surface area contributed by atoms with Gasteiger partial charge in [0.05, 0.1) is 0 Å². The van der Waals surface area contributed by atoms with Crippen LogP contribution in [-0.4, -0.2) is 15.0 Å². The molecule has 0 atom stereocenters. The van der Waals surface area contributed by atoms with Crippen LogP contribution in [0.1, 0.15) is 6.92 Å². The SMILES string of the molecule is CCNS(=O)(=O)NN. The number of rotatable bonds is 3. The molecule has 0 saturated heterocycles. The fraction of sp³-hybridized carbons (Fsp3) is 1.00. The molecular weight excluding hydrogens is 130 g/mol. The van der Waals surface area contributed by atoms with Crippen LogP contribution >= 0.6 is 0 Å². The molecule has 0 aliphatic heterocycles. The highest BCUT2D eigenvalue weighted by Crippen LogP contribution is 1.66. The molecule has 8 heavy (non-hydrogen) atoms. The molecule has 0 radical (unpaired) electrons. The number of nitrogens with one attached hydrogen (secondary N) is 2. The van der Waals surface area contributed by atoms with Crippen LogP contribution in [0.15, 0.2) is 0 Å². The van der Waals surface area contributed by atoms with Crippen molar-refractivity contribution >= 4 is 10.2 Å². The van der Waals surface area contributed by atoms with Crippen molar-refractivity contribution in [3.8, 4) is 0 Å². The minimum absolute atomic E-state index is 0.340. The summed E-state index contributed by atoms with van der Waals surface area (Å²) in [6.07, 6.45) is 0. The molecule has 0 fully saturated rings. The van der Waals surface area contributed by atoms with Gasteiger partial charge in [-0.25, -0.2) is 4.72 Å². The molecule has 0 heterocycles. The van der Waals surface area contributed by atoms with Gasteiger partial charge in [-0.1, -0.05) is 6.92 Å². The summed E-state index contributed by atoms with van der Waals surface area (Å²) in [5, 5.41) is 0. The molecule has 0 amide bonds. The third-order valence-corrected chi connectivity index (χ3v) is 1.47. The monoisotopic (exact) mass is 139 g/mol. The molecule has 0 aliphatic rings. The standard InChI is InChI=1S/C2H9N3O2S/c1-2-4-8(6,7)5-3/h4-5H,2-3H2,1H3. The van der Waals surface area contributed by atoms with E-state index in [0.29, 0.717) is 6.54 Å². The maximum atomic E-state index is 10.3. The summed E-state index contributed by atoms with van der Waals surface area (Å²) in [6.45, 7) is 2.00. The van der Waals surface area contributed by atoms with Crippen LogP contribution in [0.5, 0.6) is 0 Å². The minimum Gasteiger partial charge on any atom is -0.257 e. The maximum Gasteiger partial charge on any atom is 0.289 e. The summed E-state index contributed by atoms with van der Waals surface area (Å²) in [4.78, 5) is 1.60. The van der Waals surface area contributed by atoms with Gasteiger partial charge in [0.15, 0.2) is 0 Å². The zero-order chi connectivity index (χ0) is 6.62. The van der Waals surface area contributed by atoms with Gasteiger partial charge in [-0.05, 0) is 0 Å². The van der Waals surface area contributed by atoms with E-state index in [2.05, 4.69) is 10.6 Å². The molecule has 0 saturated carbocycles. The Morgan fingerprint density at radius 3 is 2.25 bits per heavy atom. The molecule has 0 aromatic heterocycles. The fourth-order valence-electron chi connectivity index (χ4n) is 0.232. The Hall–Kier alpha value is -0.170. The first-order valence-electron chi connectivity index (χ1n) is 2.09. The van der Waals surface area contributed by atoms with Gasteiger partial charge in [0.2, 0.25) is 0 Å². The predicted octanol–water partition coefficient (Wildman–Crippen LogP) is -1.70. The summed E-state index contributed by atoms with van der Waals surface area (Å²) in [6, 6.07) is 0. The van der Waals surface area contributed by atoms with Crippen LogP contribution in [-0.2, 0) is 10.2 Å². The van der Waals surface area contributed by atoms with E-state index in [1.165, 1.54) is 0 Å². The van der Waals surface area contributed by atoms with Crippen LogP contribution < -0.4 is 15.4 Å². The lowest BCUT2D eigenvalue weighted by Crippen LogP contribution is -2.40. The number of nitrogens with two attached hydrogens (primary N) is 1. The highest BCUT2D eigenvalue weighted by Gasteiger charge is 2.00. The number of hydrazine groups is 1. The lowest BCUT2D eigenvalue weighted by atomic mass is 10.8. The van der Waals surface area contributed by atoms with Crippen molar-refractivity contribution in [3.63, 3.8) is 0 Å². The van der Waals surface area contributed by atoms with Gasteiger partial charge in [-0.2, -0.15) is 8.42 Å². The van der Waals surface area contributed by atoms with Crippen LogP contribution in [0.4, 0.5) is 0 Å². The van der Waals surface area contributed by atoms with Crippen LogP contribution in [0.25, 0.3) is 0 Å². The molecule has 0 rings (SSSR count). The van der Waals surface area contributed by atoms with E-state index in [4.69, 9.17) is 0 Å². The van der Waals surface area contributed by atoms with Crippen molar-refractivity contribution in [3.05, 3.63) is 0 Å².